The van der Waals surface area contributed by atoms with Crippen LogP contribution in [0.2, 0.25) is 0 Å². The molecule has 0 radical (unpaired) electrons. The normalized spacial score (nSPS) is 13.9. The van der Waals surface area contributed by atoms with E-state index in [4.69, 9.17) is 9.47 Å². The van der Waals surface area contributed by atoms with E-state index >= 15 is 0 Å². The average molecular weight is 479 g/mol. The van der Waals surface area contributed by atoms with Crippen LogP contribution in [0.4, 0.5) is 10.5 Å². The summed E-state index contributed by atoms with van der Waals surface area (Å²) < 4.78 is 11.9. The average Bonchev–Trinajstić information content (AvgIpc) is 3.37. The van der Waals surface area contributed by atoms with Crippen LogP contribution in [-0.2, 0) is 21.3 Å². The number of carboxylic acid groups (broad SMARTS) is 1. The third kappa shape index (κ3) is 4.87. The van der Waals surface area contributed by atoms with Crippen LogP contribution < -0.4 is 10.6 Å². The molecule has 35 heavy (non-hydrogen) atoms. The van der Waals surface area contributed by atoms with E-state index < -0.39 is 30.1 Å². The number of aromatic nitrogens is 2. The van der Waals surface area contributed by atoms with Gasteiger partial charge in [0.15, 0.2) is 11.7 Å². The number of fused-ring (bicyclic) bond motifs is 3. The lowest BCUT2D eigenvalue weighted by Crippen LogP contribution is -2.48. The topological polar surface area (TPSA) is 132 Å². The molecule has 3 N–H and O–H groups in total. The van der Waals surface area contributed by atoms with Crippen molar-refractivity contribution >= 4 is 23.7 Å². The van der Waals surface area contributed by atoms with E-state index in [1.807, 2.05) is 48.5 Å². The molecule has 1 aromatic heterocycles. The van der Waals surface area contributed by atoms with Crippen molar-refractivity contribution in [2.24, 2.45) is 7.05 Å². The molecule has 1 aliphatic rings. The highest BCUT2D eigenvalue weighted by atomic mass is 16.5. The highest BCUT2D eigenvalue weighted by Crippen LogP contribution is 2.44. The zero-order chi connectivity index (χ0) is 25.1. The molecule has 1 aliphatic carbocycles. The second-order valence-corrected chi connectivity index (χ2v) is 8.25. The first kappa shape index (κ1) is 24.0. The number of carbonyl (C=O) groups excluding carboxylic acids is 2. The standard InChI is InChI=1S/C25H26N4O6/c1-14(34-3)21(24(31)32)27-23(30)22-20(12-29(2)28-22)26-25(33)35-13-19-17-10-6-4-8-15(17)16-9-5-7-11-18(16)19/h4-12,14,19,21H,13H2,1-3H3,(H,26,33)(H,27,30)(H,31,32). The van der Waals surface area contributed by atoms with Gasteiger partial charge in [0.1, 0.15) is 6.61 Å². The third-order valence-electron chi connectivity index (χ3n) is 6.02. The van der Waals surface area contributed by atoms with Crippen molar-refractivity contribution < 1.29 is 29.0 Å². The molecule has 0 fully saturated rings. The third-order valence-corrected chi connectivity index (χ3v) is 6.02. The molecule has 4 rings (SSSR count). The number of hydrogen-bond acceptors (Lipinski definition) is 6. The minimum atomic E-state index is -1.29. The Balaban J connectivity index is 1.45. The van der Waals surface area contributed by atoms with E-state index in [9.17, 15) is 19.5 Å². The molecule has 2 atom stereocenters. The molecule has 0 saturated heterocycles. The number of nitrogens with one attached hydrogen (secondary N) is 2. The Morgan fingerprint density at radius 3 is 2.26 bits per heavy atom. The molecule has 0 saturated carbocycles. The Labute approximate surface area is 201 Å². The lowest BCUT2D eigenvalue weighted by Gasteiger charge is -2.19. The number of rotatable bonds is 8. The molecule has 0 bridgehead atoms. The lowest BCUT2D eigenvalue weighted by atomic mass is 9.98. The molecule has 0 spiro atoms. The van der Waals surface area contributed by atoms with Gasteiger partial charge in [0.2, 0.25) is 0 Å². The molecule has 1 heterocycles. The van der Waals surface area contributed by atoms with E-state index in [-0.39, 0.29) is 23.9 Å². The summed E-state index contributed by atoms with van der Waals surface area (Å²) >= 11 is 0. The fraction of sp³-hybridized carbons (Fsp3) is 0.280. The molecule has 10 nitrogen and oxygen atoms in total. The number of anilines is 1. The second kappa shape index (κ2) is 9.98. The van der Waals surface area contributed by atoms with Crippen molar-refractivity contribution in [2.45, 2.75) is 25.0 Å². The van der Waals surface area contributed by atoms with Gasteiger partial charge in [-0.1, -0.05) is 48.5 Å². The van der Waals surface area contributed by atoms with Gasteiger partial charge in [-0.05, 0) is 29.2 Å². The highest BCUT2D eigenvalue weighted by Gasteiger charge is 2.31. The Morgan fingerprint density at radius 1 is 1.09 bits per heavy atom. The van der Waals surface area contributed by atoms with Crippen LogP contribution in [0.5, 0.6) is 0 Å². The number of carbonyl (C=O) groups is 3. The first-order valence-electron chi connectivity index (χ1n) is 11.0. The van der Waals surface area contributed by atoms with Gasteiger partial charge >= 0.3 is 12.1 Å². The predicted molar refractivity (Wildman–Crippen MR) is 127 cm³/mol. The van der Waals surface area contributed by atoms with E-state index in [1.54, 1.807) is 7.05 Å². The number of amides is 2. The summed E-state index contributed by atoms with van der Waals surface area (Å²) in [6.07, 6.45) is -0.0982. The summed E-state index contributed by atoms with van der Waals surface area (Å²) in [6.45, 7) is 1.63. The molecule has 2 aromatic carbocycles. The predicted octanol–water partition coefficient (Wildman–Crippen LogP) is 3.00. The maximum Gasteiger partial charge on any atom is 0.411 e. The van der Waals surface area contributed by atoms with Gasteiger partial charge in [0.25, 0.3) is 5.91 Å². The van der Waals surface area contributed by atoms with Crippen LogP contribution in [0, 0.1) is 0 Å². The van der Waals surface area contributed by atoms with Gasteiger partial charge in [-0.2, -0.15) is 5.10 Å². The Bertz CT molecular complexity index is 1220. The van der Waals surface area contributed by atoms with Crippen molar-refractivity contribution in [1.29, 1.82) is 0 Å². The zero-order valence-electron chi connectivity index (χ0n) is 19.5. The number of nitrogens with zero attached hydrogens (tertiary/aromatic N) is 2. The Hall–Kier alpha value is -4.18. The number of methoxy groups -OCH3 is 1. The van der Waals surface area contributed by atoms with Gasteiger partial charge in [0.05, 0.1) is 11.8 Å². The Morgan fingerprint density at radius 2 is 1.69 bits per heavy atom. The molecule has 182 valence electrons. The fourth-order valence-electron chi connectivity index (χ4n) is 4.22. The quantitative estimate of drug-likeness (QED) is 0.453. The molecule has 0 aliphatic heterocycles. The van der Waals surface area contributed by atoms with Crippen molar-refractivity contribution in [2.75, 3.05) is 19.0 Å². The summed E-state index contributed by atoms with van der Waals surface area (Å²) in [5.74, 6) is -2.14. The summed E-state index contributed by atoms with van der Waals surface area (Å²) in [5.41, 5.74) is 4.33. The van der Waals surface area contributed by atoms with Crippen molar-refractivity contribution in [1.82, 2.24) is 15.1 Å². The number of benzene rings is 2. The molecule has 3 aromatic rings. The number of carboxylic acids is 1. The molecule has 2 amide bonds. The van der Waals surface area contributed by atoms with E-state index in [2.05, 4.69) is 15.7 Å². The monoisotopic (exact) mass is 478 g/mol. The summed E-state index contributed by atoms with van der Waals surface area (Å²) in [7, 11) is 2.92. The van der Waals surface area contributed by atoms with Crippen LogP contribution in [0.3, 0.4) is 0 Å². The van der Waals surface area contributed by atoms with Crippen LogP contribution in [-0.4, -0.2) is 58.7 Å². The number of hydrogen-bond donors (Lipinski definition) is 3. The van der Waals surface area contributed by atoms with Crippen molar-refractivity contribution in [3.8, 4) is 11.1 Å². The first-order valence-corrected chi connectivity index (χ1v) is 11.0. The van der Waals surface area contributed by atoms with Gasteiger partial charge < -0.3 is 19.9 Å². The van der Waals surface area contributed by atoms with E-state index in [1.165, 1.54) is 24.9 Å². The summed E-state index contributed by atoms with van der Waals surface area (Å²) in [6, 6.07) is 14.7. The molecule has 2 unspecified atom stereocenters. The summed E-state index contributed by atoms with van der Waals surface area (Å²) in [5, 5.41) is 18.4. The van der Waals surface area contributed by atoms with Crippen LogP contribution in [0.25, 0.3) is 11.1 Å². The SMILES string of the molecule is COC(C)C(NC(=O)c1nn(C)cc1NC(=O)OCC1c2ccccc2-c2ccccc21)C(=O)O. The minimum absolute atomic E-state index is 0.0939. The Kier molecular flexibility index (Phi) is 6.83. The largest absolute Gasteiger partial charge is 0.480 e. The first-order chi connectivity index (χ1) is 16.8. The van der Waals surface area contributed by atoms with E-state index in [0.29, 0.717) is 0 Å². The molecular weight excluding hydrogens is 452 g/mol. The van der Waals surface area contributed by atoms with Crippen molar-refractivity contribution in [3.63, 3.8) is 0 Å². The van der Waals surface area contributed by atoms with Gasteiger partial charge in [-0.25, -0.2) is 9.59 Å². The zero-order valence-corrected chi connectivity index (χ0v) is 19.5. The second-order valence-electron chi connectivity index (χ2n) is 8.25. The highest BCUT2D eigenvalue weighted by molar-refractivity contribution is 6.02. The van der Waals surface area contributed by atoms with Crippen LogP contribution in [0.15, 0.2) is 54.7 Å². The molecular formula is C25H26N4O6. The minimum Gasteiger partial charge on any atom is -0.480 e. The van der Waals surface area contributed by atoms with E-state index in [0.717, 1.165) is 22.3 Å². The smallest absolute Gasteiger partial charge is 0.411 e. The van der Waals surface area contributed by atoms with Gasteiger partial charge in [-0.15, -0.1) is 0 Å². The lowest BCUT2D eigenvalue weighted by molar-refractivity contribution is -0.142. The maximum atomic E-state index is 12.7. The van der Waals surface area contributed by atoms with Gasteiger partial charge in [0, 0.05) is 26.3 Å². The summed E-state index contributed by atoms with van der Waals surface area (Å²) in [4.78, 5) is 36.9. The number of aryl methyl sites for hydroxylation is 1. The molecule has 10 heteroatoms. The van der Waals surface area contributed by atoms with Gasteiger partial charge in [-0.3, -0.25) is 14.8 Å². The number of ether oxygens (including phenoxy) is 2. The van der Waals surface area contributed by atoms with Crippen LogP contribution in [0.1, 0.15) is 34.5 Å². The number of aliphatic carboxylic acids is 1. The fourth-order valence-corrected chi connectivity index (χ4v) is 4.22. The maximum absolute atomic E-state index is 12.7. The van der Waals surface area contributed by atoms with Crippen LogP contribution >= 0.6 is 0 Å². The van der Waals surface area contributed by atoms with Crippen molar-refractivity contribution in [3.05, 3.63) is 71.5 Å².